The number of aromatic nitrogens is 2. The number of nitrogens with zero attached hydrogens (tertiary/aromatic N) is 3. The van der Waals surface area contributed by atoms with Crippen LogP contribution in [0.3, 0.4) is 0 Å². The molecule has 8 heteroatoms. The Hall–Kier alpha value is -2.77. The highest BCUT2D eigenvalue weighted by Gasteiger charge is 2.23. The number of nitrogens with one attached hydrogen (secondary N) is 2. The molecule has 2 N–H and O–H groups in total. The number of hydrogen-bond donors (Lipinski definition) is 2. The molecule has 2 aromatic heterocycles. The number of rotatable bonds is 6. The SMILES string of the molecule is CCOc1nccnc1NC1CCN(C(=O)NCc2ccco2)CC1. The van der Waals surface area contributed by atoms with E-state index in [2.05, 4.69) is 20.6 Å². The summed E-state index contributed by atoms with van der Waals surface area (Å²) in [4.78, 5) is 22.5. The van der Waals surface area contributed by atoms with E-state index in [0.717, 1.165) is 18.6 Å². The van der Waals surface area contributed by atoms with Crippen molar-refractivity contribution < 1.29 is 13.9 Å². The predicted molar refractivity (Wildman–Crippen MR) is 92.4 cm³/mol. The van der Waals surface area contributed by atoms with Gasteiger partial charge >= 0.3 is 6.03 Å². The maximum atomic E-state index is 12.2. The lowest BCUT2D eigenvalue weighted by atomic mass is 10.1. The summed E-state index contributed by atoms with van der Waals surface area (Å²) in [5.74, 6) is 1.92. The minimum absolute atomic E-state index is 0.0654. The monoisotopic (exact) mass is 345 g/mol. The van der Waals surface area contributed by atoms with Gasteiger partial charge in [0.05, 0.1) is 19.4 Å². The first-order valence-electron chi connectivity index (χ1n) is 8.51. The molecule has 0 aliphatic carbocycles. The summed E-state index contributed by atoms with van der Waals surface area (Å²) in [5.41, 5.74) is 0. The van der Waals surface area contributed by atoms with Crippen LogP contribution in [-0.2, 0) is 6.54 Å². The van der Waals surface area contributed by atoms with Gasteiger partial charge in [-0.15, -0.1) is 0 Å². The van der Waals surface area contributed by atoms with Gasteiger partial charge in [-0.3, -0.25) is 0 Å². The second-order valence-corrected chi connectivity index (χ2v) is 5.79. The Morgan fingerprint density at radius 2 is 2.16 bits per heavy atom. The number of ether oxygens (including phenoxy) is 1. The van der Waals surface area contributed by atoms with Crippen LogP contribution in [0.4, 0.5) is 10.6 Å². The summed E-state index contributed by atoms with van der Waals surface area (Å²) in [6.07, 6.45) is 6.54. The maximum absolute atomic E-state index is 12.2. The molecule has 8 nitrogen and oxygen atoms in total. The van der Waals surface area contributed by atoms with Gasteiger partial charge in [-0.2, -0.15) is 0 Å². The second-order valence-electron chi connectivity index (χ2n) is 5.79. The van der Waals surface area contributed by atoms with E-state index in [1.54, 1.807) is 18.7 Å². The van der Waals surface area contributed by atoms with Crippen molar-refractivity contribution in [3.8, 4) is 5.88 Å². The van der Waals surface area contributed by atoms with Gasteiger partial charge in [-0.25, -0.2) is 14.8 Å². The first-order valence-corrected chi connectivity index (χ1v) is 8.51. The van der Waals surface area contributed by atoms with Gasteiger partial charge in [0, 0.05) is 31.5 Å². The van der Waals surface area contributed by atoms with E-state index in [-0.39, 0.29) is 12.1 Å². The van der Waals surface area contributed by atoms with Gasteiger partial charge in [0.15, 0.2) is 5.82 Å². The fraction of sp³-hybridized carbons (Fsp3) is 0.471. The molecule has 0 spiro atoms. The summed E-state index contributed by atoms with van der Waals surface area (Å²) >= 11 is 0. The molecule has 25 heavy (non-hydrogen) atoms. The normalized spacial score (nSPS) is 15.0. The van der Waals surface area contributed by atoms with E-state index in [1.165, 1.54) is 0 Å². The number of carbonyl (C=O) groups excluding carboxylic acids is 1. The van der Waals surface area contributed by atoms with Gasteiger partial charge in [-0.05, 0) is 31.9 Å². The van der Waals surface area contributed by atoms with Crippen molar-refractivity contribution in [1.82, 2.24) is 20.2 Å². The highest BCUT2D eigenvalue weighted by atomic mass is 16.5. The average molecular weight is 345 g/mol. The first-order chi connectivity index (χ1) is 12.3. The first kappa shape index (κ1) is 17.1. The van der Waals surface area contributed by atoms with Crippen LogP contribution in [0.25, 0.3) is 0 Å². The van der Waals surface area contributed by atoms with Crippen LogP contribution in [0.5, 0.6) is 5.88 Å². The van der Waals surface area contributed by atoms with Crippen molar-refractivity contribution in [2.45, 2.75) is 32.4 Å². The van der Waals surface area contributed by atoms with E-state index in [4.69, 9.17) is 9.15 Å². The molecule has 0 aromatic carbocycles. The molecule has 2 amide bonds. The highest BCUT2D eigenvalue weighted by Crippen LogP contribution is 2.21. The number of anilines is 1. The molecule has 0 bridgehead atoms. The van der Waals surface area contributed by atoms with Gasteiger partial charge in [-0.1, -0.05) is 0 Å². The molecule has 3 rings (SSSR count). The maximum Gasteiger partial charge on any atom is 0.317 e. The zero-order valence-corrected chi connectivity index (χ0v) is 14.3. The van der Waals surface area contributed by atoms with Crippen molar-refractivity contribution in [3.05, 3.63) is 36.5 Å². The fourth-order valence-corrected chi connectivity index (χ4v) is 2.77. The number of hydrogen-bond acceptors (Lipinski definition) is 6. The lowest BCUT2D eigenvalue weighted by Crippen LogP contribution is -2.46. The Labute approximate surface area is 146 Å². The summed E-state index contributed by atoms with van der Waals surface area (Å²) in [7, 11) is 0. The fourth-order valence-electron chi connectivity index (χ4n) is 2.77. The second kappa shape index (κ2) is 8.36. The number of carbonyl (C=O) groups is 1. The molecular formula is C17H23N5O3. The summed E-state index contributed by atoms with van der Waals surface area (Å²) in [6, 6.07) is 3.82. The van der Waals surface area contributed by atoms with Crippen LogP contribution in [0.15, 0.2) is 35.2 Å². The standard InChI is InChI=1S/C17H23N5O3/c1-2-24-16-15(18-7-8-19-16)21-13-5-9-22(10-6-13)17(23)20-12-14-4-3-11-25-14/h3-4,7-8,11,13H,2,5-6,9-10,12H2,1H3,(H,18,21)(H,20,23). The van der Waals surface area contributed by atoms with E-state index < -0.39 is 0 Å². The quantitative estimate of drug-likeness (QED) is 0.834. The van der Waals surface area contributed by atoms with Crippen molar-refractivity contribution >= 4 is 11.8 Å². The molecule has 134 valence electrons. The van der Waals surface area contributed by atoms with Crippen molar-refractivity contribution in [1.29, 1.82) is 0 Å². The van der Waals surface area contributed by atoms with Gasteiger partial charge in [0.2, 0.25) is 0 Å². The number of amides is 2. The lowest BCUT2D eigenvalue weighted by Gasteiger charge is -2.32. The number of likely N-dealkylation sites (tertiary alicyclic amines) is 1. The minimum atomic E-state index is -0.0654. The van der Waals surface area contributed by atoms with Gasteiger partial charge < -0.3 is 24.7 Å². The number of urea groups is 1. The van der Waals surface area contributed by atoms with E-state index >= 15 is 0 Å². The van der Waals surface area contributed by atoms with E-state index in [9.17, 15) is 4.79 Å². The topological polar surface area (TPSA) is 92.5 Å². The third-order valence-electron chi connectivity index (χ3n) is 4.06. The minimum Gasteiger partial charge on any atom is -0.475 e. The summed E-state index contributed by atoms with van der Waals surface area (Å²) < 4.78 is 10.7. The van der Waals surface area contributed by atoms with E-state index in [0.29, 0.717) is 37.9 Å². The van der Waals surface area contributed by atoms with E-state index in [1.807, 2.05) is 24.0 Å². The largest absolute Gasteiger partial charge is 0.475 e. The van der Waals surface area contributed by atoms with Crippen molar-refractivity contribution in [2.75, 3.05) is 25.0 Å². The van der Waals surface area contributed by atoms with Gasteiger partial charge in [0.25, 0.3) is 5.88 Å². The van der Waals surface area contributed by atoms with Crippen LogP contribution in [-0.4, -0.2) is 46.6 Å². The van der Waals surface area contributed by atoms with Crippen LogP contribution in [0.2, 0.25) is 0 Å². The molecule has 1 aliphatic heterocycles. The lowest BCUT2D eigenvalue weighted by molar-refractivity contribution is 0.182. The highest BCUT2D eigenvalue weighted by molar-refractivity contribution is 5.74. The summed E-state index contributed by atoms with van der Waals surface area (Å²) in [5, 5.41) is 6.25. The Balaban J connectivity index is 1.46. The smallest absolute Gasteiger partial charge is 0.317 e. The Morgan fingerprint density at radius 1 is 1.36 bits per heavy atom. The molecule has 1 fully saturated rings. The Morgan fingerprint density at radius 3 is 2.88 bits per heavy atom. The van der Waals surface area contributed by atoms with Crippen LogP contribution < -0.4 is 15.4 Å². The molecule has 0 radical (unpaired) electrons. The molecular weight excluding hydrogens is 322 g/mol. The van der Waals surface area contributed by atoms with Crippen molar-refractivity contribution in [2.24, 2.45) is 0 Å². The Bertz CT molecular complexity index is 669. The zero-order chi connectivity index (χ0) is 17.5. The number of furan rings is 1. The number of piperidine rings is 1. The van der Waals surface area contributed by atoms with Crippen LogP contribution >= 0.6 is 0 Å². The molecule has 2 aromatic rings. The third-order valence-corrected chi connectivity index (χ3v) is 4.06. The predicted octanol–water partition coefficient (Wildman–Crippen LogP) is 2.25. The third kappa shape index (κ3) is 4.62. The van der Waals surface area contributed by atoms with Crippen LogP contribution in [0.1, 0.15) is 25.5 Å². The average Bonchev–Trinajstić information content (AvgIpc) is 3.16. The molecule has 0 atom stereocenters. The van der Waals surface area contributed by atoms with Crippen molar-refractivity contribution in [3.63, 3.8) is 0 Å². The van der Waals surface area contributed by atoms with Crippen LogP contribution in [0, 0.1) is 0 Å². The van der Waals surface area contributed by atoms with Gasteiger partial charge in [0.1, 0.15) is 5.76 Å². The molecule has 0 unspecified atom stereocenters. The summed E-state index contributed by atoms with van der Waals surface area (Å²) in [6.45, 7) is 4.24. The zero-order valence-electron chi connectivity index (χ0n) is 14.3. The molecule has 1 saturated heterocycles. The molecule has 0 saturated carbocycles. The Kier molecular flexibility index (Phi) is 5.71. The molecule has 1 aliphatic rings. The molecule has 3 heterocycles.